The van der Waals surface area contributed by atoms with Gasteiger partial charge in [0.25, 0.3) is 0 Å². The zero-order valence-electron chi connectivity index (χ0n) is 20.0. The fraction of sp³-hybridized carbons (Fsp3) is 0.609. The molecule has 0 unspecified atom stereocenters. The monoisotopic (exact) mass is 465 g/mol. The Balaban J connectivity index is 2.38. The molecule has 0 spiro atoms. The minimum atomic E-state index is -2.34. The highest BCUT2D eigenvalue weighted by Gasteiger charge is 2.48. The first-order chi connectivity index (χ1) is 14.8. The molecule has 1 aliphatic heterocycles. The number of nitrogens with zero attached hydrogens (tertiary/aromatic N) is 1. The van der Waals surface area contributed by atoms with Gasteiger partial charge in [-0.3, -0.25) is 14.4 Å². The Morgan fingerprint density at radius 3 is 2.31 bits per heavy atom. The van der Waals surface area contributed by atoms with E-state index < -0.39 is 44.5 Å². The van der Waals surface area contributed by atoms with E-state index in [-0.39, 0.29) is 18.1 Å². The number of carbonyl (C=O) groups excluding carboxylic acids is 3. The first-order valence-electron chi connectivity index (χ1n) is 10.8. The predicted molar refractivity (Wildman–Crippen MR) is 121 cm³/mol. The standard InChI is InChI=1S/C23H35NO7Si/c1-16(25)28-15-20(31-32(6,7)23(3,4)5)22(29-17(2)26)19-13-21(27)30-24(19)14-18-11-9-8-10-12-18/h8-12,19-20,22H,13-15H2,1-7H3/t19-,20+,22-/m0/s1. The molecule has 0 aromatic heterocycles. The van der Waals surface area contributed by atoms with Gasteiger partial charge in [0.2, 0.25) is 0 Å². The summed E-state index contributed by atoms with van der Waals surface area (Å²) in [5.74, 6) is -1.39. The summed E-state index contributed by atoms with van der Waals surface area (Å²) in [4.78, 5) is 41.3. The van der Waals surface area contributed by atoms with E-state index in [0.717, 1.165) is 5.56 Å². The summed E-state index contributed by atoms with van der Waals surface area (Å²) in [6, 6.07) is 8.96. The highest BCUT2D eigenvalue weighted by atomic mass is 28.4. The summed E-state index contributed by atoms with van der Waals surface area (Å²) in [6.45, 7) is 13.3. The van der Waals surface area contributed by atoms with Crippen LogP contribution in [0.2, 0.25) is 18.1 Å². The molecule has 3 atom stereocenters. The van der Waals surface area contributed by atoms with E-state index in [1.807, 2.05) is 30.3 Å². The topological polar surface area (TPSA) is 91.4 Å². The van der Waals surface area contributed by atoms with Crippen molar-refractivity contribution in [1.29, 1.82) is 0 Å². The molecule has 178 valence electrons. The van der Waals surface area contributed by atoms with Crippen LogP contribution in [0.4, 0.5) is 0 Å². The van der Waals surface area contributed by atoms with Crippen molar-refractivity contribution < 1.29 is 33.1 Å². The first kappa shape index (κ1) is 26.0. The molecule has 1 saturated heterocycles. The van der Waals surface area contributed by atoms with Gasteiger partial charge >= 0.3 is 17.9 Å². The summed E-state index contributed by atoms with van der Waals surface area (Å²) in [7, 11) is -2.34. The number of benzene rings is 1. The molecule has 9 heteroatoms. The summed E-state index contributed by atoms with van der Waals surface area (Å²) in [6.07, 6.45) is -1.58. The Morgan fingerprint density at radius 2 is 1.78 bits per heavy atom. The Morgan fingerprint density at radius 1 is 1.16 bits per heavy atom. The Bertz CT molecular complexity index is 806. The van der Waals surface area contributed by atoms with E-state index in [1.54, 1.807) is 0 Å². The van der Waals surface area contributed by atoms with Crippen LogP contribution in [-0.2, 0) is 39.7 Å². The Labute approximate surface area is 191 Å². The second-order valence-electron chi connectivity index (χ2n) is 9.59. The van der Waals surface area contributed by atoms with Crippen molar-refractivity contribution in [2.75, 3.05) is 6.61 Å². The first-order valence-corrected chi connectivity index (χ1v) is 13.7. The van der Waals surface area contributed by atoms with Gasteiger partial charge in [-0.05, 0) is 23.7 Å². The Kier molecular flexibility index (Phi) is 8.61. The lowest BCUT2D eigenvalue weighted by molar-refractivity contribution is -0.195. The number of ether oxygens (including phenoxy) is 2. The average Bonchev–Trinajstić information content (AvgIpc) is 3.02. The molecule has 1 heterocycles. The molecule has 1 aromatic carbocycles. The molecule has 1 aliphatic rings. The van der Waals surface area contributed by atoms with Crippen molar-refractivity contribution in [2.45, 2.75) is 84.0 Å². The minimum Gasteiger partial charge on any atom is -0.463 e. The molecule has 0 bridgehead atoms. The van der Waals surface area contributed by atoms with Crippen LogP contribution in [0.25, 0.3) is 0 Å². The lowest BCUT2D eigenvalue weighted by Gasteiger charge is -2.42. The van der Waals surface area contributed by atoms with Gasteiger partial charge in [0, 0.05) is 13.8 Å². The maximum atomic E-state index is 12.3. The lowest BCUT2D eigenvalue weighted by atomic mass is 10.0. The van der Waals surface area contributed by atoms with Crippen molar-refractivity contribution in [3.05, 3.63) is 35.9 Å². The van der Waals surface area contributed by atoms with E-state index >= 15 is 0 Å². The fourth-order valence-corrected chi connectivity index (χ4v) is 4.56. The van der Waals surface area contributed by atoms with Crippen molar-refractivity contribution in [3.8, 4) is 0 Å². The molecule has 1 aromatic rings. The highest BCUT2D eigenvalue weighted by Crippen LogP contribution is 2.39. The van der Waals surface area contributed by atoms with E-state index in [2.05, 4.69) is 33.9 Å². The molecule has 0 N–H and O–H groups in total. The third-order valence-electron chi connectivity index (χ3n) is 5.90. The fourth-order valence-electron chi connectivity index (χ4n) is 3.25. The number of rotatable bonds is 9. The number of esters is 2. The van der Waals surface area contributed by atoms with Gasteiger partial charge < -0.3 is 18.7 Å². The van der Waals surface area contributed by atoms with Crippen LogP contribution < -0.4 is 0 Å². The van der Waals surface area contributed by atoms with Crippen LogP contribution in [0.15, 0.2) is 30.3 Å². The molecule has 0 radical (unpaired) electrons. The van der Waals surface area contributed by atoms with Gasteiger partial charge in [-0.1, -0.05) is 51.1 Å². The predicted octanol–water partition coefficient (Wildman–Crippen LogP) is 3.60. The summed E-state index contributed by atoms with van der Waals surface area (Å²) >= 11 is 0. The van der Waals surface area contributed by atoms with Gasteiger partial charge in [-0.25, -0.2) is 0 Å². The number of carbonyl (C=O) groups is 3. The van der Waals surface area contributed by atoms with E-state index in [1.165, 1.54) is 18.9 Å². The normalized spacial score (nSPS) is 19.2. The number of hydrogen-bond acceptors (Lipinski definition) is 8. The van der Waals surface area contributed by atoms with E-state index in [9.17, 15) is 14.4 Å². The van der Waals surface area contributed by atoms with Crippen LogP contribution >= 0.6 is 0 Å². The molecule has 32 heavy (non-hydrogen) atoms. The summed E-state index contributed by atoms with van der Waals surface area (Å²) in [5, 5.41) is 1.40. The second-order valence-corrected chi connectivity index (χ2v) is 14.3. The van der Waals surface area contributed by atoms with Crippen LogP contribution in [0.1, 0.15) is 46.6 Å². The smallest absolute Gasteiger partial charge is 0.326 e. The zero-order chi connectivity index (χ0) is 24.1. The van der Waals surface area contributed by atoms with Crippen molar-refractivity contribution in [3.63, 3.8) is 0 Å². The van der Waals surface area contributed by atoms with Gasteiger partial charge in [-0.15, -0.1) is 5.06 Å². The van der Waals surface area contributed by atoms with Crippen LogP contribution in [-0.4, -0.2) is 56.1 Å². The van der Waals surface area contributed by atoms with Crippen molar-refractivity contribution >= 4 is 26.2 Å². The number of hydroxylamine groups is 2. The third kappa shape index (κ3) is 7.14. The molecule has 1 fully saturated rings. The molecule has 0 aliphatic carbocycles. The Hall–Kier alpha value is -2.23. The second kappa shape index (κ2) is 10.6. The SMILES string of the molecule is CC(=O)OC[C@@H](O[Si](C)(C)C(C)(C)C)[C@@H](OC(C)=O)[C@@H]1CC(=O)ON1Cc1ccccc1. The van der Waals surface area contributed by atoms with Crippen molar-refractivity contribution in [2.24, 2.45) is 0 Å². The van der Waals surface area contributed by atoms with Gasteiger partial charge in [0.15, 0.2) is 8.32 Å². The maximum Gasteiger partial charge on any atom is 0.326 e. The number of hydrogen-bond donors (Lipinski definition) is 0. The van der Waals surface area contributed by atoms with Gasteiger partial charge in [0.05, 0.1) is 19.0 Å². The summed E-state index contributed by atoms with van der Waals surface area (Å²) in [5.41, 5.74) is 0.940. The van der Waals surface area contributed by atoms with Crippen molar-refractivity contribution in [1.82, 2.24) is 5.06 Å². The molecular formula is C23H35NO7Si. The minimum absolute atomic E-state index is 0.0300. The largest absolute Gasteiger partial charge is 0.463 e. The van der Waals surface area contributed by atoms with Gasteiger partial charge in [0.1, 0.15) is 18.8 Å². The maximum absolute atomic E-state index is 12.3. The molecule has 0 saturated carbocycles. The zero-order valence-corrected chi connectivity index (χ0v) is 21.0. The molecule has 8 nitrogen and oxygen atoms in total. The molecule has 2 rings (SSSR count). The third-order valence-corrected chi connectivity index (χ3v) is 10.4. The van der Waals surface area contributed by atoms with Crippen LogP contribution in [0.3, 0.4) is 0 Å². The molecular weight excluding hydrogens is 430 g/mol. The van der Waals surface area contributed by atoms with E-state index in [4.69, 9.17) is 18.7 Å². The van der Waals surface area contributed by atoms with Gasteiger partial charge in [-0.2, -0.15) is 0 Å². The average molecular weight is 466 g/mol. The lowest BCUT2D eigenvalue weighted by Crippen LogP contribution is -2.55. The van der Waals surface area contributed by atoms with Crippen LogP contribution in [0, 0.1) is 0 Å². The molecule has 0 amide bonds. The van der Waals surface area contributed by atoms with Crippen LogP contribution in [0.5, 0.6) is 0 Å². The summed E-state index contributed by atoms with van der Waals surface area (Å²) < 4.78 is 17.5. The highest BCUT2D eigenvalue weighted by molar-refractivity contribution is 6.74. The quantitative estimate of drug-likeness (QED) is 0.404. The van der Waals surface area contributed by atoms with E-state index in [0.29, 0.717) is 6.54 Å².